The summed E-state index contributed by atoms with van der Waals surface area (Å²) in [5, 5.41) is 14.9. The summed E-state index contributed by atoms with van der Waals surface area (Å²) in [4.78, 5) is 37.3. The standard InChI is InChI=1S/C28H35N5O4/c1-3-17-6-11-22(37-14-18-4-5-18)21(12-17)25-27-26(30-15-29-25)24(16(2)31-27)28(36)33-20-9-7-19(8-10-20)32-23(35)13-34/h6,11-12,15,18-20,31,34H,3-5,7-10,13-14H2,1-2H3,(H,32,35)(H,33,36)/t19-,20+. The summed E-state index contributed by atoms with van der Waals surface area (Å²) in [7, 11) is 0. The molecule has 0 unspecified atom stereocenters. The molecule has 2 aliphatic rings. The van der Waals surface area contributed by atoms with Gasteiger partial charge in [-0.05, 0) is 75.5 Å². The molecule has 9 nitrogen and oxygen atoms in total. The number of nitrogens with one attached hydrogen (secondary N) is 3. The normalized spacial score (nSPS) is 19.5. The van der Waals surface area contributed by atoms with Crippen molar-refractivity contribution in [3.8, 4) is 17.0 Å². The van der Waals surface area contributed by atoms with Crippen LogP contribution in [0.25, 0.3) is 22.3 Å². The third kappa shape index (κ3) is 5.61. The van der Waals surface area contributed by atoms with Crippen LogP contribution in [0.4, 0.5) is 0 Å². The lowest BCUT2D eigenvalue weighted by molar-refractivity contribution is -0.124. The minimum atomic E-state index is -0.503. The Morgan fingerprint density at radius 1 is 1.08 bits per heavy atom. The molecule has 37 heavy (non-hydrogen) atoms. The largest absolute Gasteiger partial charge is 0.493 e. The second-order valence-electron chi connectivity index (χ2n) is 10.3. The molecule has 2 aromatic heterocycles. The molecule has 3 aromatic rings. The van der Waals surface area contributed by atoms with E-state index in [1.165, 1.54) is 24.7 Å². The number of hydrogen-bond acceptors (Lipinski definition) is 6. The Hall–Kier alpha value is -3.46. The number of aromatic nitrogens is 3. The minimum Gasteiger partial charge on any atom is -0.493 e. The highest BCUT2D eigenvalue weighted by Gasteiger charge is 2.27. The number of hydrogen-bond donors (Lipinski definition) is 4. The number of aryl methyl sites for hydroxylation is 2. The van der Waals surface area contributed by atoms with Crippen LogP contribution < -0.4 is 15.4 Å². The molecule has 0 saturated heterocycles. The Morgan fingerprint density at radius 3 is 2.49 bits per heavy atom. The number of aromatic amines is 1. The number of amides is 2. The maximum atomic E-state index is 13.4. The predicted octanol–water partition coefficient (Wildman–Crippen LogP) is 3.43. The molecule has 0 bridgehead atoms. The Bertz CT molecular complexity index is 1290. The van der Waals surface area contributed by atoms with E-state index in [1.54, 1.807) is 0 Å². The summed E-state index contributed by atoms with van der Waals surface area (Å²) in [5.41, 5.74) is 5.42. The van der Waals surface area contributed by atoms with E-state index in [9.17, 15) is 9.59 Å². The van der Waals surface area contributed by atoms with Crippen LogP contribution in [-0.4, -0.2) is 57.2 Å². The molecule has 2 heterocycles. The van der Waals surface area contributed by atoms with E-state index < -0.39 is 6.61 Å². The number of carbonyl (C=O) groups excluding carboxylic acids is 2. The van der Waals surface area contributed by atoms with Crippen molar-refractivity contribution in [1.29, 1.82) is 0 Å². The number of ether oxygens (including phenoxy) is 1. The van der Waals surface area contributed by atoms with Gasteiger partial charge in [0.2, 0.25) is 5.91 Å². The zero-order valence-corrected chi connectivity index (χ0v) is 21.5. The number of rotatable bonds is 9. The number of fused-ring (bicyclic) bond motifs is 1. The molecule has 0 radical (unpaired) electrons. The molecule has 5 rings (SSSR count). The van der Waals surface area contributed by atoms with E-state index in [4.69, 9.17) is 9.84 Å². The van der Waals surface area contributed by atoms with Gasteiger partial charge in [-0.3, -0.25) is 9.59 Å². The average molecular weight is 506 g/mol. The van der Waals surface area contributed by atoms with Crippen LogP contribution in [0, 0.1) is 12.8 Å². The van der Waals surface area contributed by atoms with Crippen LogP contribution >= 0.6 is 0 Å². The first-order valence-corrected chi connectivity index (χ1v) is 13.3. The Labute approximate surface area is 216 Å². The maximum absolute atomic E-state index is 13.4. The van der Waals surface area contributed by atoms with Gasteiger partial charge in [0.15, 0.2) is 0 Å². The van der Waals surface area contributed by atoms with Gasteiger partial charge in [0.25, 0.3) is 5.91 Å². The second kappa shape index (κ2) is 10.9. The molecular weight excluding hydrogens is 470 g/mol. The smallest absolute Gasteiger partial charge is 0.255 e. The molecule has 2 saturated carbocycles. The molecular formula is C28H35N5O4. The molecule has 9 heteroatoms. The molecule has 2 amide bonds. The van der Waals surface area contributed by atoms with Gasteiger partial charge >= 0.3 is 0 Å². The Morgan fingerprint density at radius 2 is 1.81 bits per heavy atom. The van der Waals surface area contributed by atoms with Crippen LogP contribution in [0.2, 0.25) is 0 Å². The first-order valence-electron chi connectivity index (χ1n) is 13.3. The number of H-pyrrole nitrogens is 1. The monoisotopic (exact) mass is 505 g/mol. The van der Waals surface area contributed by atoms with Crippen molar-refractivity contribution >= 4 is 22.8 Å². The van der Waals surface area contributed by atoms with Crippen LogP contribution in [0.15, 0.2) is 24.5 Å². The van der Waals surface area contributed by atoms with Gasteiger partial charge in [-0.15, -0.1) is 0 Å². The average Bonchev–Trinajstić information content (AvgIpc) is 3.67. The zero-order chi connectivity index (χ0) is 25.9. The van der Waals surface area contributed by atoms with Crippen molar-refractivity contribution < 1.29 is 19.4 Å². The number of aliphatic hydroxyl groups is 1. The lowest BCUT2D eigenvalue weighted by atomic mass is 9.91. The number of carbonyl (C=O) groups is 2. The highest BCUT2D eigenvalue weighted by molar-refractivity contribution is 6.09. The molecule has 1 aromatic carbocycles. The van der Waals surface area contributed by atoms with Gasteiger partial charge in [-0.1, -0.05) is 13.0 Å². The number of benzene rings is 1. The Balaban J connectivity index is 1.38. The molecule has 196 valence electrons. The second-order valence-corrected chi connectivity index (χ2v) is 10.3. The minimum absolute atomic E-state index is 0.0177. The highest BCUT2D eigenvalue weighted by atomic mass is 16.5. The van der Waals surface area contributed by atoms with E-state index in [2.05, 4.69) is 44.6 Å². The lowest BCUT2D eigenvalue weighted by Gasteiger charge is -2.29. The summed E-state index contributed by atoms with van der Waals surface area (Å²) in [6.07, 6.45) is 7.87. The first-order chi connectivity index (χ1) is 18.0. The summed E-state index contributed by atoms with van der Waals surface area (Å²) in [6, 6.07) is 6.28. The van der Waals surface area contributed by atoms with Gasteiger partial charge in [-0.2, -0.15) is 0 Å². The van der Waals surface area contributed by atoms with Crippen LogP contribution in [-0.2, 0) is 11.2 Å². The van der Waals surface area contributed by atoms with Crippen LogP contribution in [0.3, 0.4) is 0 Å². The van der Waals surface area contributed by atoms with Crippen LogP contribution in [0.5, 0.6) is 5.75 Å². The fraction of sp³-hybridized carbons (Fsp3) is 0.500. The predicted molar refractivity (Wildman–Crippen MR) is 140 cm³/mol. The quantitative estimate of drug-likeness (QED) is 0.353. The van der Waals surface area contributed by atoms with Crippen molar-refractivity contribution in [2.45, 2.75) is 70.9 Å². The van der Waals surface area contributed by atoms with E-state index in [-0.39, 0.29) is 23.9 Å². The van der Waals surface area contributed by atoms with Gasteiger partial charge in [0.1, 0.15) is 29.9 Å². The van der Waals surface area contributed by atoms with Gasteiger partial charge in [0.05, 0.1) is 17.7 Å². The zero-order valence-electron chi connectivity index (χ0n) is 21.5. The summed E-state index contributed by atoms with van der Waals surface area (Å²) >= 11 is 0. The van der Waals surface area contributed by atoms with Gasteiger partial charge < -0.3 is 25.5 Å². The molecule has 4 N–H and O–H groups in total. The van der Waals surface area contributed by atoms with Crippen molar-refractivity contribution in [2.24, 2.45) is 5.92 Å². The highest BCUT2D eigenvalue weighted by Crippen LogP contribution is 2.37. The summed E-state index contributed by atoms with van der Waals surface area (Å²) in [5.74, 6) is 0.910. The van der Waals surface area contributed by atoms with Crippen molar-refractivity contribution in [1.82, 2.24) is 25.6 Å². The van der Waals surface area contributed by atoms with Crippen molar-refractivity contribution in [3.05, 3.63) is 41.3 Å². The lowest BCUT2D eigenvalue weighted by Crippen LogP contribution is -2.44. The molecule has 2 fully saturated rings. The maximum Gasteiger partial charge on any atom is 0.255 e. The summed E-state index contributed by atoms with van der Waals surface area (Å²) < 4.78 is 6.20. The van der Waals surface area contributed by atoms with Gasteiger partial charge in [-0.25, -0.2) is 9.97 Å². The number of nitrogens with zero attached hydrogens (tertiary/aromatic N) is 2. The van der Waals surface area contributed by atoms with Crippen molar-refractivity contribution in [3.63, 3.8) is 0 Å². The van der Waals surface area contributed by atoms with E-state index in [1.807, 2.05) is 13.0 Å². The number of aliphatic hydroxyl groups excluding tert-OH is 1. The molecule has 2 aliphatic carbocycles. The van der Waals surface area contributed by atoms with Gasteiger partial charge in [0, 0.05) is 23.3 Å². The fourth-order valence-electron chi connectivity index (χ4n) is 5.12. The molecule has 0 atom stereocenters. The third-order valence-electron chi connectivity index (χ3n) is 7.45. The summed E-state index contributed by atoms with van der Waals surface area (Å²) in [6.45, 7) is 4.20. The SMILES string of the molecule is CCc1ccc(OCC2CC2)c(-c2ncnc3c(C(=O)N[C@H]4CC[C@@H](NC(=O)CO)CC4)c(C)[nH]c23)c1. The van der Waals surface area contributed by atoms with Crippen molar-refractivity contribution in [2.75, 3.05) is 13.2 Å². The fourth-order valence-corrected chi connectivity index (χ4v) is 5.12. The Kier molecular flexibility index (Phi) is 7.41. The first kappa shape index (κ1) is 25.2. The molecule has 0 aliphatic heterocycles. The molecule has 0 spiro atoms. The van der Waals surface area contributed by atoms with E-state index >= 15 is 0 Å². The van der Waals surface area contributed by atoms with E-state index in [0.29, 0.717) is 23.6 Å². The third-order valence-corrected chi connectivity index (χ3v) is 7.45. The van der Waals surface area contributed by atoms with Crippen LogP contribution in [0.1, 0.15) is 67.1 Å². The topological polar surface area (TPSA) is 129 Å². The van der Waals surface area contributed by atoms with E-state index in [0.717, 1.165) is 60.3 Å².